The van der Waals surface area contributed by atoms with Gasteiger partial charge in [-0.2, -0.15) is 0 Å². The van der Waals surface area contributed by atoms with E-state index in [0.717, 1.165) is 23.9 Å². The summed E-state index contributed by atoms with van der Waals surface area (Å²) in [5, 5.41) is 3.70. The Hall–Kier alpha value is -3.81. The van der Waals surface area contributed by atoms with Crippen LogP contribution in [0.25, 0.3) is 11.0 Å². The van der Waals surface area contributed by atoms with E-state index in [2.05, 4.69) is 10.3 Å². The van der Waals surface area contributed by atoms with Crippen LogP contribution in [-0.2, 0) is 9.53 Å². The number of nitrogens with two attached hydrogens (primary N) is 1. The molecule has 0 saturated heterocycles. The third-order valence-corrected chi connectivity index (χ3v) is 6.09. The van der Waals surface area contributed by atoms with Crippen molar-refractivity contribution in [3.63, 3.8) is 0 Å². The molecule has 1 aromatic heterocycles. The highest BCUT2D eigenvalue weighted by molar-refractivity contribution is 6.06. The zero-order chi connectivity index (χ0) is 22.5. The molecule has 5 rings (SSSR count). The first kappa shape index (κ1) is 20.1. The highest BCUT2D eigenvalue weighted by Crippen LogP contribution is 2.48. The van der Waals surface area contributed by atoms with E-state index < -0.39 is 11.3 Å². The zero-order valence-electron chi connectivity index (χ0n) is 17.8. The highest BCUT2D eigenvalue weighted by Gasteiger charge is 2.42. The number of amides is 2. The molecule has 2 amide bonds. The summed E-state index contributed by atoms with van der Waals surface area (Å²) in [4.78, 5) is 28.9. The summed E-state index contributed by atoms with van der Waals surface area (Å²) in [6.45, 7) is 1.95. The number of dihydropyridines is 1. The zero-order valence-corrected chi connectivity index (χ0v) is 17.8. The van der Waals surface area contributed by atoms with Crippen LogP contribution in [0.5, 0.6) is 5.75 Å². The molecule has 8 nitrogen and oxygen atoms in total. The third-order valence-electron chi connectivity index (χ3n) is 6.09. The van der Waals surface area contributed by atoms with Gasteiger partial charge in [-0.1, -0.05) is 0 Å². The maximum atomic E-state index is 12.4. The highest BCUT2D eigenvalue weighted by atomic mass is 16.5. The average Bonchev–Trinajstić information content (AvgIpc) is 3.48. The number of hydrogen-bond donors (Lipinski definition) is 2. The monoisotopic (exact) mass is 433 g/mol. The van der Waals surface area contributed by atoms with E-state index in [0.29, 0.717) is 40.4 Å². The van der Waals surface area contributed by atoms with E-state index in [-0.39, 0.29) is 11.9 Å². The standard InChI is InChI=1S/C24H23N3O5/c1-24-11-16(22(25)28)18(30-2)10-20(24)26-8-7-21(24)32-14-5-6-15-17(12-31-19(15)9-14)23(29)27-13-3-4-13/h5-10,12-13H,3-4,11H2,1-2H3,(H2,25,28)(H,27,29). The van der Waals surface area contributed by atoms with Crippen LogP contribution < -0.4 is 15.8 Å². The first-order valence-electron chi connectivity index (χ1n) is 10.4. The Bertz CT molecular complexity index is 1260. The number of rotatable bonds is 6. The fraction of sp³-hybridized carbons (Fsp3) is 0.292. The fourth-order valence-corrected chi connectivity index (χ4v) is 4.07. The van der Waals surface area contributed by atoms with E-state index in [1.165, 1.54) is 13.4 Å². The fourth-order valence-electron chi connectivity index (χ4n) is 4.07. The van der Waals surface area contributed by atoms with Crippen molar-refractivity contribution in [2.75, 3.05) is 7.11 Å². The molecule has 2 aliphatic carbocycles. The number of hydrogen-bond acceptors (Lipinski definition) is 6. The van der Waals surface area contributed by atoms with Gasteiger partial charge in [-0.05, 0) is 44.4 Å². The van der Waals surface area contributed by atoms with Crippen molar-refractivity contribution in [3.8, 4) is 5.75 Å². The minimum atomic E-state index is -0.686. The van der Waals surface area contributed by atoms with Gasteiger partial charge in [-0.25, -0.2) is 0 Å². The number of carbonyl (C=O) groups is 2. The Morgan fingerprint density at radius 2 is 2.12 bits per heavy atom. The summed E-state index contributed by atoms with van der Waals surface area (Å²) in [6.07, 6.45) is 8.95. The van der Waals surface area contributed by atoms with Gasteiger partial charge in [-0.3, -0.25) is 14.6 Å². The first-order valence-corrected chi connectivity index (χ1v) is 10.4. The molecule has 1 saturated carbocycles. The van der Waals surface area contributed by atoms with Crippen molar-refractivity contribution < 1.29 is 23.5 Å². The van der Waals surface area contributed by atoms with Crippen LogP contribution in [0.15, 0.2) is 68.8 Å². The summed E-state index contributed by atoms with van der Waals surface area (Å²) >= 11 is 0. The number of aliphatic imine (C=N–C) groups is 1. The molecule has 1 aliphatic heterocycles. The third kappa shape index (κ3) is 3.37. The molecule has 1 fully saturated rings. The van der Waals surface area contributed by atoms with Crippen LogP contribution >= 0.6 is 0 Å². The van der Waals surface area contributed by atoms with E-state index in [9.17, 15) is 9.59 Å². The molecule has 0 spiro atoms. The predicted octanol–water partition coefficient (Wildman–Crippen LogP) is 3.35. The van der Waals surface area contributed by atoms with Crippen molar-refractivity contribution in [2.45, 2.75) is 32.2 Å². The van der Waals surface area contributed by atoms with Crippen molar-refractivity contribution >= 4 is 29.0 Å². The van der Waals surface area contributed by atoms with Crippen LogP contribution in [0, 0.1) is 5.41 Å². The lowest BCUT2D eigenvalue weighted by atomic mass is 9.74. The second-order valence-corrected chi connectivity index (χ2v) is 8.42. The van der Waals surface area contributed by atoms with Gasteiger partial charge in [0.1, 0.15) is 29.1 Å². The maximum Gasteiger partial charge on any atom is 0.255 e. The molecule has 2 aromatic rings. The van der Waals surface area contributed by atoms with E-state index in [1.54, 1.807) is 30.5 Å². The minimum absolute atomic E-state index is 0.129. The molecule has 1 aromatic carbocycles. The number of ether oxygens (including phenoxy) is 2. The lowest BCUT2D eigenvalue weighted by Crippen LogP contribution is -2.33. The first-order chi connectivity index (χ1) is 15.4. The van der Waals surface area contributed by atoms with Gasteiger partial charge >= 0.3 is 0 Å². The lowest BCUT2D eigenvalue weighted by Gasteiger charge is -2.37. The van der Waals surface area contributed by atoms with Gasteiger partial charge in [-0.15, -0.1) is 0 Å². The van der Waals surface area contributed by atoms with Gasteiger partial charge in [0.25, 0.3) is 5.91 Å². The molecule has 164 valence electrons. The van der Waals surface area contributed by atoms with Crippen molar-refractivity contribution in [1.82, 2.24) is 5.32 Å². The topological polar surface area (TPSA) is 116 Å². The van der Waals surface area contributed by atoms with Crippen LogP contribution in [0.3, 0.4) is 0 Å². The number of fused-ring (bicyclic) bond motifs is 2. The largest absolute Gasteiger partial charge is 0.496 e. The molecular formula is C24H23N3O5. The molecular weight excluding hydrogens is 410 g/mol. The van der Waals surface area contributed by atoms with E-state index in [1.807, 2.05) is 13.0 Å². The Balaban J connectivity index is 1.42. The second kappa shape index (κ2) is 7.40. The Morgan fingerprint density at radius 3 is 2.84 bits per heavy atom. The SMILES string of the molecule is COC1=C(C(N)=O)CC2(C)C(=C1)N=CC=C2Oc1ccc2c(C(=O)NC3CC3)coc2c1. The number of nitrogens with one attached hydrogen (secondary N) is 1. The van der Waals surface area contributed by atoms with E-state index in [4.69, 9.17) is 19.6 Å². The molecule has 1 unspecified atom stereocenters. The van der Waals surface area contributed by atoms with Gasteiger partial charge in [0.15, 0.2) is 0 Å². The van der Waals surface area contributed by atoms with Crippen molar-refractivity contribution in [1.29, 1.82) is 0 Å². The maximum absolute atomic E-state index is 12.4. The summed E-state index contributed by atoms with van der Waals surface area (Å²) in [5.41, 5.74) is 7.07. The smallest absolute Gasteiger partial charge is 0.255 e. The number of primary amides is 1. The Labute approximate surface area is 184 Å². The molecule has 2 heterocycles. The molecule has 3 aliphatic rings. The van der Waals surface area contributed by atoms with Gasteiger partial charge in [0, 0.05) is 29.8 Å². The molecule has 1 atom stereocenters. The number of allylic oxidation sites excluding steroid dienone is 2. The average molecular weight is 433 g/mol. The van der Waals surface area contributed by atoms with Gasteiger partial charge < -0.3 is 24.9 Å². The molecule has 3 N–H and O–H groups in total. The van der Waals surface area contributed by atoms with Gasteiger partial charge in [0.2, 0.25) is 5.91 Å². The molecule has 0 radical (unpaired) electrons. The van der Waals surface area contributed by atoms with Crippen LogP contribution in [0.4, 0.5) is 0 Å². The second-order valence-electron chi connectivity index (χ2n) is 8.42. The summed E-state index contributed by atoms with van der Waals surface area (Å²) in [5.74, 6) is 0.907. The molecule has 0 bridgehead atoms. The number of benzene rings is 1. The molecule has 32 heavy (non-hydrogen) atoms. The number of methoxy groups -OCH3 is 1. The number of carbonyl (C=O) groups excluding carboxylic acids is 2. The minimum Gasteiger partial charge on any atom is -0.496 e. The van der Waals surface area contributed by atoms with Gasteiger partial charge in [0.05, 0.1) is 29.4 Å². The Kier molecular flexibility index (Phi) is 4.65. The van der Waals surface area contributed by atoms with Crippen molar-refractivity contribution in [2.24, 2.45) is 16.1 Å². The Morgan fingerprint density at radius 1 is 1.31 bits per heavy atom. The van der Waals surface area contributed by atoms with Crippen LogP contribution in [0.1, 0.15) is 36.5 Å². The lowest BCUT2D eigenvalue weighted by molar-refractivity contribution is -0.115. The normalized spacial score (nSPS) is 22.2. The quantitative estimate of drug-likeness (QED) is 0.725. The summed E-state index contributed by atoms with van der Waals surface area (Å²) in [6, 6.07) is 5.62. The van der Waals surface area contributed by atoms with Crippen molar-refractivity contribution in [3.05, 3.63) is 65.0 Å². The van der Waals surface area contributed by atoms with Crippen LogP contribution in [-0.4, -0.2) is 31.2 Å². The number of furan rings is 1. The summed E-state index contributed by atoms with van der Waals surface area (Å²) in [7, 11) is 1.50. The number of nitrogens with zero attached hydrogens (tertiary/aromatic N) is 1. The van der Waals surface area contributed by atoms with Crippen LogP contribution in [0.2, 0.25) is 0 Å². The summed E-state index contributed by atoms with van der Waals surface area (Å²) < 4.78 is 17.2. The predicted molar refractivity (Wildman–Crippen MR) is 118 cm³/mol. The molecule has 8 heteroatoms. The van der Waals surface area contributed by atoms with E-state index >= 15 is 0 Å².